The molecule has 4 heterocycles. The van der Waals surface area contributed by atoms with Gasteiger partial charge >= 0.3 is 8.82 Å². The molecule has 3 aliphatic heterocycles. The fourth-order valence-electron chi connectivity index (χ4n) is 15.3. The van der Waals surface area contributed by atoms with Crippen LogP contribution in [-0.4, -0.2) is 71.7 Å². The number of rotatable bonds is 24. The summed E-state index contributed by atoms with van der Waals surface area (Å²) < 4.78 is 51.6. The smallest absolute Gasteiger partial charge is 0.457 e. The van der Waals surface area contributed by atoms with E-state index < -0.39 is 17.0 Å². The summed E-state index contributed by atoms with van der Waals surface area (Å²) in [5, 5.41) is 21.7. The lowest BCUT2D eigenvalue weighted by atomic mass is 9.91. The van der Waals surface area contributed by atoms with Gasteiger partial charge in [0.25, 0.3) is 0 Å². The number of ether oxygens (including phenoxy) is 8. The van der Waals surface area contributed by atoms with Crippen LogP contribution in [0.15, 0.2) is 300 Å². The molecule has 0 bridgehead atoms. The number of fused-ring (bicyclic) bond motifs is 8. The first kappa shape index (κ1) is 93.6. The molecule has 654 valence electrons. The van der Waals surface area contributed by atoms with Gasteiger partial charge in [-0.2, -0.15) is 0 Å². The molecule has 3 atom stereocenters. The molecule has 3 aliphatic rings. The molecule has 0 aliphatic carbocycles. The fraction of sp³-hybridized carbons (Fsp3) is 0.300. The van der Waals surface area contributed by atoms with Crippen molar-refractivity contribution in [2.45, 2.75) is 180 Å². The van der Waals surface area contributed by atoms with Gasteiger partial charge in [-0.05, 0) is 266 Å². The number of hydrogen-bond acceptors (Lipinski definition) is 14. The van der Waals surface area contributed by atoms with Crippen molar-refractivity contribution < 1.29 is 66.0 Å². The van der Waals surface area contributed by atoms with Gasteiger partial charge in [-0.15, -0.1) is 0 Å². The van der Waals surface area contributed by atoms with Crippen molar-refractivity contribution in [2.24, 2.45) is 5.41 Å². The highest BCUT2D eigenvalue weighted by Crippen LogP contribution is 2.53. The Morgan fingerprint density at radius 3 is 1.42 bits per heavy atom. The third-order valence-corrected chi connectivity index (χ3v) is 25.1. The molecular weight excluding hydrogens is 1590 g/mol. The maximum absolute atomic E-state index is 13.0. The van der Waals surface area contributed by atoms with Gasteiger partial charge in [0.1, 0.15) is 34.5 Å². The van der Waals surface area contributed by atoms with Crippen LogP contribution in [-0.2, 0) is 59.6 Å². The number of benzene rings is 13. The number of carbonyl (C=O) groups excluding carboxylic acids is 2. The van der Waals surface area contributed by atoms with E-state index in [0.29, 0.717) is 84.7 Å². The van der Waals surface area contributed by atoms with E-state index in [-0.39, 0.29) is 45.5 Å². The molecule has 0 radical (unpaired) electrons. The van der Waals surface area contributed by atoms with E-state index in [1.165, 1.54) is 37.9 Å². The molecule has 3 unspecified atom stereocenters. The van der Waals surface area contributed by atoms with Gasteiger partial charge in [-0.25, -0.2) is 0 Å². The minimum atomic E-state index is -0.942. The number of ketones is 1. The molecule has 0 amide bonds. The van der Waals surface area contributed by atoms with Crippen LogP contribution in [0.4, 0.5) is 0 Å². The zero-order chi connectivity index (χ0) is 88.0. The number of aliphatic hydroxyl groups is 2. The zero-order valence-corrected chi connectivity index (χ0v) is 75.2. The van der Waals surface area contributed by atoms with E-state index in [9.17, 15) is 14.4 Å². The number of esters is 1. The minimum Gasteiger partial charge on any atom is -0.457 e. The molecule has 16 heteroatoms. The summed E-state index contributed by atoms with van der Waals surface area (Å²) in [5.41, 5.74) is 12.8. The van der Waals surface area contributed by atoms with Crippen LogP contribution in [0, 0.1) is 5.41 Å². The summed E-state index contributed by atoms with van der Waals surface area (Å²) >= 11 is 1.78. The van der Waals surface area contributed by atoms with Gasteiger partial charge in [-0.3, -0.25) is 14.4 Å². The van der Waals surface area contributed by atoms with Crippen LogP contribution in [0.3, 0.4) is 0 Å². The van der Waals surface area contributed by atoms with E-state index in [0.717, 1.165) is 128 Å². The van der Waals surface area contributed by atoms with Gasteiger partial charge < -0.3 is 58.2 Å². The van der Waals surface area contributed by atoms with Crippen LogP contribution < -0.4 is 19.6 Å². The molecule has 15 nitrogen and oxygen atoms in total. The lowest BCUT2D eigenvalue weighted by molar-refractivity contribution is -0.252. The quantitative estimate of drug-likeness (QED) is 0.0328. The first-order valence-electron chi connectivity index (χ1n) is 44.3. The van der Waals surface area contributed by atoms with Gasteiger partial charge in [0.05, 0.1) is 42.9 Å². The van der Waals surface area contributed by atoms with Gasteiger partial charge in [0.2, 0.25) is 11.6 Å². The van der Waals surface area contributed by atoms with Gasteiger partial charge in [0.15, 0.2) is 17.9 Å². The summed E-state index contributed by atoms with van der Waals surface area (Å²) in [4.78, 5) is 40.7. The summed E-state index contributed by atoms with van der Waals surface area (Å²) in [6, 6.07) is 95.3. The predicted octanol–water partition coefficient (Wildman–Crippen LogP) is 26.2. The van der Waals surface area contributed by atoms with Crippen molar-refractivity contribution in [2.75, 3.05) is 39.6 Å². The highest BCUT2D eigenvalue weighted by atomic mass is 32.2. The van der Waals surface area contributed by atoms with Crippen molar-refractivity contribution in [3.63, 3.8) is 0 Å². The Labute approximate surface area is 748 Å². The number of aromatic nitrogens is 1. The van der Waals surface area contributed by atoms with Crippen molar-refractivity contribution in [3.8, 4) is 34.5 Å². The summed E-state index contributed by atoms with van der Waals surface area (Å²) in [7, 11) is 0. The molecule has 14 aromatic rings. The van der Waals surface area contributed by atoms with Crippen LogP contribution >= 0.6 is 11.8 Å². The summed E-state index contributed by atoms with van der Waals surface area (Å²) in [6.07, 6.45) is 8.21. The molecule has 17 rings (SSSR count). The average Bonchev–Trinajstić information content (AvgIpc) is 0.725. The number of carbonyl (C=O) groups is 2. The molecule has 2 saturated heterocycles. The Morgan fingerprint density at radius 2 is 0.881 bits per heavy atom. The number of pyridine rings is 1. The Kier molecular flexibility index (Phi) is 32.7. The van der Waals surface area contributed by atoms with Crippen molar-refractivity contribution in [3.05, 3.63) is 357 Å². The number of para-hydroxylation sites is 1. The topological polar surface area (TPSA) is 202 Å². The van der Waals surface area contributed by atoms with E-state index in [1.54, 1.807) is 17.8 Å². The normalized spacial score (nSPS) is 14.3. The molecule has 0 saturated carbocycles. The standard InChI is InChI=1S/C30H30O3.C28H30O3S.C27H24O2.C22H25NO3.C3H8O2.H2O/c1-3-22(2)23-13-16-28(17-14-23)33-29-11-6-10-26(21-29)30(31-18-7-19-32-30)27-15-12-24-8-4-5-9-25(24)20-27;1-4-19(3)21-8-10-22(11-9-21)31-23-12-14-27-25(18-23)28(29-15-6-16-30-28)24-17-20(5-2)7-13-26(24)32-27;1-3-19(2)20-13-15-25(16-14-20)29-26-10-6-9-23(18-26)27(28)24-12-11-21-7-4-5-8-22(21)17-24;1-5-15-11-12-19-17(13-15)20(24)16-9-7-8-10-18(16)23(19)14-26-21(25)22(3,4)6-2;4-2-1-3-5;/h4-6,8-17,20-22H,3,7,18-19H2,1-2H3;7-14,17-19H,4-6,15-16H2,1-3H3;4-19H,3H2,1-2H3;7-13H,5-6,14H2,1-4H3;4-5H,1-3H2;1H2/p+2. The van der Waals surface area contributed by atoms with Crippen LogP contribution in [0.2, 0.25) is 0 Å². The van der Waals surface area contributed by atoms with Crippen molar-refractivity contribution in [1.82, 2.24) is 4.57 Å². The summed E-state index contributed by atoms with van der Waals surface area (Å²) in [6.45, 7) is 26.2. The lowest BCUT2D eigenvalue weighted by Crippen LogP contribution is -2.41. The van der Waals surface area contributed by atoms with Gasteiger partial charge in [0, 0.05) is 67.2 Å². The predicted molar refractivity (Wildman–Crippen MR) is 511 cm³/mol. The third kappa shape index (κ3) is 22.3. The van der Waals surface area contributed by atoms with E-state index in [2.05, 4.69) is 183 Å². The monoisotopic (exact) mass is 1710 g/mol. The Bertz CT molecular complexity index is 6040. The maximum Gasteiger partial charge on any atom is 1.00 e. The molecule has 126 heavy (non-hydrogen) atoms. The minimum absolute atomic E-state index is 0. The Balaban J connectivity index is 0.000000174. The maximum atomic E-state index is 13.0. The molecule has 2 fully saturated rings. The number of aryl methyl sites for hydroxylation is 2. The van der Waals surface area contributed by atoms with Gasteiger partial charge in [-0.1, -0.05) is 232 Å². The molecule has 4 N–H and O–H groups in total. The Morgan fingerprint density at radius 1 is 0.437 bits per heavy atom. The van der Waals surface area contributed by atoms with Crippen molar-refractivity contribution >= 4 is 66.9 Å². The first-order chi connectivity index (χ1) is 60.7. The second-order valence-electron chi connectivity index (χ2n) is 32.8. The molecular formula is C110H121NO14S+2. The lowest BCUT2D eigenvalue weighted by Gasteiger charge is -2.42. The molecule has 1 spiro atoms. The summed E-state index contributed by atoms with van der Waals surface area (Å²) in [5.74, 6) is 4.25. The highest BCUT2D eigenvalue weighted by molar-refractivity contribution is 7.99. The number of hydrogen-bond donors (Lipinski definition) is 2. The third-order valence-electron chi connectivity index (χ3n) is 24.0. The second-order valence-corrected chi connectivity index (χ2v) is 33.9. The van der Waals surface area contributed by atoms with E-state index in [1.807, 2.05) is 177 Å². The van der Waals surface area contributed by atoms with Crippen molar-refractivity contribution in [1.29, 1.82) is 0 Å². The van der Waals surface area contributed by atoms with E-state index >= 15 is 0 Å². The molecule has 13 aromatic carbocycles. The second kappa shape index (κ2) is 44.1. The van der Waals surface area contributed by atoms with E-state index in [4.69, 9.17) is 48.1 Å². The molecule has 1 aromatic heterocycles. The zero-order valence-electron chi connectivity index (χ0n) is 76.4. The highest BCUT2D eigenvalue weighted by Gasteiger charge is 2.46. The fourth-order valence-corrected chi connectivity index (χ4v) is 16.5. The number of nitrogens with zero attached hydrogens (tertiary/aromatic N) is 1. The first-order valence-corrected chi connectivity index (χ1v) is 45.1. The van der Waals surface area contributed by atoms with Crippen LogP contribution in [0.25, 0.3) is 43.4 Å². The largest absolute Gasteiger partial charge is 1.00 e. The SMILES string of the molecule is CCC(C)c1ccc(Oc2cccc(C(=O)c3ccc4ccccc4c3)c2)cc1.CCC(C)c1ccc(Oc2cccc(C3(c4ccc5ccccc5c4)OCCCO3)c2)cc1.CCc1ccc2c(c1)C1(OCCCO1)c1cc(Oc3ccc(C(C)CC)cc3)ccc1S2.CCc1ccc2c(c1)c(=O)c1ccccc1n2COC(=O)C(C)(C)CC.O.OCCCO.[H+].[H+]. The average molecular weight is 1710 g/mol. The van der Waals surface area contributed by atoms with Crippen LogP contribution in [0.5, 0.6) is 34.5 Å². The Hall–Kier alpha value is -11.5. The van der Waals surface area contributed by atoms with Crippen LogP contribution in [0.1, 0.15) is 208 Å². The number of aliphatic hydroxyl groups excluding tert-OH is 2.